The highest BCUT2D eigenvalue weighted by atomic mass is 16.2. The molecule has 4 N–H and O–H groups in total. The molecule has 0 aromatic heterocycles. The molecule has 72 valence electrons. The van der Waals surface area contributed by atoms with Gasteiger partial charge in [0.2, 0.25) is 6.41 Å². The van der Waals surface area contributed by atoms with E-state index >= 15 is 0 Å². The van der Waals surface area contributed by atoms with Crippen LogP contribution < -0.4 is 11.1 Å². The molecule has 0 saturated carbocycles. The van der Waals surface area contributed by atoms with E-state index in [0.717, 1.165) is 7.11 Å². The van der Waals surface area contributed by atoms with Crippen molar-refractivity contribution in [1.82, 2.24) is 5.32 Å². The van der Waals surface area contributed by atoms with Gasteiger partial charge in [0.05, 0.1) is 0 Å². The Bertz CT molecular complexity index is 87.1. The second kappa shape index (κ2) is 32.7. The quantitative estimate of drug-likeness (QED) is 0.310. The first kappa shape index (κ1) is 17.1. The van der Waals surface area contributed by atoms with Crippen LogP contribution in [0.25, 0.3) is 0 Å². The largest absolute Gasteiger partial charge is 0.400 e. The number of aliphatic hydroxyl groups is 1. The van der Waals surface area contributed by atoms with E-state index in [1.54, 1.807) is 12.2 Å². The summed E-state index contributed by atoms with van der Waals surface area (Å²) >= 11 is 0. The number of carbonyl (C=O) groups excluding carboxylic acids is 1. The lowest BCUT2D eigenvalue weighted by atomic mass is 10.6. The van der Waals surface area contributed by atoms with Crippen molar-refractivity contribution in [2.24, 2.45) is 5.73 Å². The van der Waals surface area contributed by atoms with E-state index in [1.165, 1.54) is 0 Å². The molecule has 0 aliphatic heterocycles. The highest BCUT2D eigenvalue weighted by Gasteiger charge is 1.63. The molecule has 0 spiro atoms. The van der Waals surface area contributed by atoms with Gasteiger partial charge in [-0.15, -0.1) is 13.2 Å². The summed E-state index contributed by atoms with van der Waals surface area (Å²) in [5, 5.41) is 9.40. The van der Waals surface area contributed by atoms with Crippen molar-refractivity contribution in [3.63, 3.8) is 0 Å². The summed E-state index contributed by atoms with van der Waals surface area (Å²) in [6.45, 7) is 7.87. The number of hydrogen-bond donors (Lipinski definition) is 3. The zero-order valence-corrected chi connectivity index (χ0v) is 7.49. The Morgan fingerprint density at radius 1 is 1.42 bits per heavy atom. The Kier molecular flexibility index (Phi) is 46.6. The minimum absolute atomic E-state index is 0.559. The van der Waals surface area contributed by atoms with Crippen LogP contribution in [0.1, 0.15) is 0 Å². The Hall–Kier alpha value is -1.13. The maximum absolute atomic E-state index is 9.40. The molecule has 0 aliphatic carbocycles. The molecular weight excluding hydrogens is 156 g/mol. The predicted molar refractivity (Wildman–Crippen MR) is 51.7 cm³/mol. The van der Waals surface area contributed by atoms with Crippen molar-refractivity contribution in [2.75, 3.05) is 20.2 Å². The Morgan fingerprint density at radius 2 is 1.83 bits per heavy atom. The van der Waals surface area contributed by atoms with Crippen molar-refractivity contribution < 1.29 is 9.90 Å². The van der Waals surface area contributed by atoms with E-state index in [4.69, 9.17) is 10.8 Å². The third kappa shape index (κ3) is 66.7. The standard InChI is InChI=1S/C4H7NO.C3H7N.CH4O/c1-2-3-5-4-6;1-2-3-4;1-2/h2,4H,1,3H2,(H,5,6);2H,1,3-4H2;2H,1H3. The first-order valence-corrected chi connectivity index (χ1v) is 3.37. The fourth-order valence-electron chi connectivity index (χ4n) is 0.131. The lowest BCUT2D eigenvalue weighted by Crippen LogP contribution is -2.08. The highest BCUT2D eigenvalue weighted by Crippen LogP contribution is 1.49. The van der Waals surface area contributed by atoms with Crippen molar-refractivity contribution in [1.29, 1.82) is 0 Å². The summed E-state index contributed by atoms with van der Waals surface area (Å²) in [4.78, 5) is 9.40. The predicted octanol–water partition coefficient (Wildman–Crippen LogP) is -0.342. The summed E-state index contributed by atoms with van der Waals surface area (Å²) in [5.41, 5.74) is 4.91. The van der Waals surface area contributed by atoms with Crippen molar-refractivity contribution in [2.45, 2.75) is 0 Å². The van der Waals surface area contributed by atoms with Crippen LogP contribution in [0, 0.1) is 0 Å². The summed E-state index contributed by atoms with van der Waals surface area (Å²) < 4.78 is 0. The molecule has 0 aromatic rings. The number of amides is 1. The van der Waals surface area contributed by atoms with E-state index in [0.29, 0.717) is 19.5 Å². The number of hydrogen-bond acceptors (Lipinski definition) is 3. The summed E-state index contributed by atoms with van der Waals surface area (Å²) in [6.07, 6.45) is 3.91. The molecule has 0 unspecified atom stereocenters. The van der Waals surface area contributed by atoms with Crippen LogP contribution in [-0.4, -0.2) is 31.7 Å². The van der Waals surface area contributed by atoms with Gasteiger partial charge in [-0.05, 0) is 0 Å². The third-order valence-electron chi connectivity index (χ3n) is 0.512. The summed E-state index contributed by atoms with van der Waals surface area (Å²) in [5.74, 6) is 0. The van der Waals surface area contributed by atoms with Crippen LogP contribution in [0.2, 0.25) is 0 Å². The van der Waals surface area contributed by atoms with Crippen molar-refractivity contribution in [3.05, 3.63) is 25.3 Å². The van der Waals surface area contributed by atoms with Crippen molar-refractivity contribution >= 4 is 6.41 Å². The average Bonchev–Trinajstić information content (AvgIpc) is 2.18. The van der Waals surface area contributed by atoms with Crippen LogP contribution in [0.4, 0.5) is 0 Å². The Labute approximate surface area is 73.8 Å². The molecule has 4 nitrogen and oxygen atoms in total. The fraction of sp³-hybridized carbons (Fsp3) is 0.375. The Morgan fingerprint density at radius 3 is 1.92 bits per heavy atom. The van der Waals surface area contributed by atoms with Gasteiger partial charge < -0.3 is 16.2 Å². The third-order valence-corrected chi connectivity index (χ3v) is 0.512. The van der Waals surface area contributed by atoms with Gasteiger partial charge in [-0.1, -0.05) is 12.2 Å². The number of nitrogens with two attached hydrogens (primary N) is 1. The second-order valence-electron chi connectivity index (χ2n) is 1.34. The molecule has 0 radical (unpaired) electrons. The van der Waals surface area contributed by atoms with Gasteiger partial charge in [0.1, 0.15) is 0 Å². The monoisotopic (exact) mass is 174 g/mol. The minimum Gasteiger partial charge on any atom is -0.400 e. The molecule has 12 heavy (non-hydrogen) atoms. The number of aliphatic hydroxyl groups excluding tert-OH is 1. The van der Waals surface area contributed by atoms with Crippen LogP contribution in [-0.2, 0) is 4.79 Å². The van der Waals surface area contributed by atoms with Crippen molar-refractivity contribution in [3.8, 4) is 0 Å². The van der Waals surface area contributed by atoms with Gasteiger partial charge in [0, 0.05) is 20.2 Å². The molecule has 1 amide bonds. The zero-order chi connectivity index (χ0) is 10.2. The molecule has 0 fully saturated rings. The topological polar surface area (TPSA) is 75.3 Å². The average molecular weight is 174 g/mol. The SMILES string of the molecule is C=CCN.C=CCNC=O.CO. The van der Waals surface area contributed by atoms with Crippen LogP contribution in [0.5, 0.6) is 0 Å². The van der Waals surface area contributed by atoms with E-state index < -0.39 is 0 Å². The molecule has 0 aromatic carbocycles. The normalized spacial score (nSPS) is 5.92. The highest BCUT2D eigenvalue weighted by molar-refractivity contribution is 5.46. The van der Waals surface area contributed by atoms with Gasteiger partial charge in [0.15, 0.2) is 0 Å². The molecule has 0 atom stereocenters. The fourth-order valence-corrected chi connectivity index (χ4v) is 0.131. The molecular formula is C8H18N2O2. The maximum Gasteiger partial charge on any atom is 0.207 e. The van der Waals surface area contributed by atoms with Crippen LogP contribution >= 0.6 is 0 Å². The van der Waals surface area contributed by atoms with E-state index in [1.807, 2.05) is 0 Å². The summed E-state index contributed by atoms with van der Waals surface area (Å²) in [6, 6.07) is 0. The first-order chi connectivity index (χ1) is 5.83. The van der Waals surface area contributed by atoms with E-state index in [9.17, 15) is 4.79 Å². The molecule has 0 saturated heterocycles. The van der Waals surface area contributed by atoms with Crippen LogP contribution in [0.3, 0.4) is 0 Å². The number of nitrogens with one attached hydrogen (secondary N) is 1. The molecule has 0 heterocycles. The van der Waals surface area contributed by atoms with Crippen LogP contribution in [0.15, 0.2) is 25.3 Å². The summed E-state index contributed by atoms with van der Waals surface area (Å²) in [7, 11) is 1.00. The molecule has 4 heteroatoms. The molecule has 0 bridgehead atoms. The minimum atomic E-state index is 0.559. The van der Waals surface area contributed by atoms with Gasteiger partial charge in [0.25, 0.3) is 0 Å². The first-order valence-electron chi connectivity index (χ1n) is 3.37. The van der Waals surface area contributed by atoms with Gasteiger partial charge in [-0.3, -0.25) is 4.79 Å². The van der Waals surface area contributed by atoms with E-state index in [-0.39, 0.29) is 0 Å². The molecule has 0 rings (SSSR count). The second-order valence-corrected chi connectivity index (χ2v) is 1.34. The lowest BCUT2D eigenvalue weighted by Gasteiger charge is -1.81. The zero-order valence-electron chi connectivity index (χ0n) is 7.49. The molecule has 0 aliphatic rings. The maximum atomic E-state index is 9.40. The van der Waals surface area contributed by atoms with E-state index in [2.05, 4.69) is 18.5 Å². The smallest absolute Gasteiger partial charge is 0.207 e. The lowest BCUT2D eigenvalue weighted by molar-refractivity contribution is -0.109. The van der Waals surface area contributed by atoms with Gasteiger partial charge >= 0.3 is 0 Å². The number of rotatable bonds is 4. The number of carbonyl (C=O) groups is 1. The Balaban J connectivity index is -0.000000118. The van der Waals surface area contributed by atoms with Gasteiger partial charge in [-0.2, -0.15) is 0 Å². The van der Waals surface area contributed by atoms with Gasteiger partial charge in [-0.25, -0.2) is 0 Å².